The Balaban J connectivity index is 1.66. The van der Waals surface area contributed by atoms with Crippen molar-refractivity contribution in [2.45, 2.75) is 12.3 Å². The molecule has 0 aliphatic heterocycles. The second kappa shape index (κ2) is 7.00. The van der Waals surface area contributed by atoms with Gasteiger partial charge in [0.25, 0.3) is 0 Å². The highest BCUT2D eigenvalue weighted by Crippen LogP contribution is 2.66. The molecule has 9 rings (SSSR count). The highest BCUT2D eigenvalue weighted by atomic mass is 14.5. The van der Waals surface area contributed by atoms with Crippen LogP contribution in [0.4, 0.5) is 0 Å². The molecule has 7 aromatic carbocycles. The largest absolute Gasteiger partial charge is 0.0737 e. The Morgan fingerprint density at radius 2 is 0.842 bits per heavy atom. The molecule has 0 bridgehead atoms. The summed E-state index contributed by atoms with van der Waals surface area (Å²) in [6.45, 7) is 2.27. The van der Waals surface area contributed by atoms with Crippen LogP contribution in [0.25, 0.3) is 54.6 Å². The molecule has 0 saturated heterocycles. The van der Waals surface area contributed by atoms with Gasteiger partial charge in [-0.1, -0.05) is 127 Å². The van der Waals surface area contributed by atoms with Crippen molar-refractivity contribution in [2.75, 3.05) is 0 Å². The van der Waals surface area contributed by atoms with Crippen molar-refractivity contribution in [3.8, 4) is 22.3 Å². The van der Waals surface area contributed by atoms with E-state index in [-0.39, 0.29) is 5.41 Å². The molecule has 0 amide bonds. The van der Waals surface area contributed by atoms with E-state index < -0.39 is 0 Å². The van der Waals surface area contributed by atoms with Gasteiger partial charge in [-0.3, -0.25) is 0 Å². The fourth-order valence-corrected chi connectivity index (χ4v) is 7.87. The average molecular weight is 481 g/mol. The van der Waals surface area contributed by atoms with Crippen molar-refractivity contribution in [3.63, 3.8) is 0 Å². The molecule has 176 valence electrons. The Morgan fingerprint density at radius 3 is 1.47 bits per heavy atom. The van der Waals surface area contributed by atoms with Crippen molar-refractivity contribution >= 4 is 32.3 Å². The van der Waals surface area contributed by atoms with Crippen LogP contribution in [-0.2, 0) is 5.41 Å². The molecule has 0 N–H and O–H groups in total. The summed E-state index contributed by atoms with van der Waals surface area (Å²) in [5.74, 6) is 0. The summed E-state index contributed by atoms with van der Waals surface area (Å²) in [4.78, 5) is 0. The van der Waals surface area contributed by atoms with E-state index in [9.17, 15) is 0 Å². The Hall–Kier alpha value is -4.68. The number of benzene rings is 7. The van der Waals surface area contributed by atoms with Gasteiger partial charge in [-0.15, -0.1) is 0 Å². The molecule has 0 unspecified atom stereocenters. The van der Waals surface area contributed by atoms with Crippen LogP contribution < -0.4 is 0 Å². The van der Waals surface area contributed by atoms with Gasteiger partial charge in [-0.25, -0.2) is 0 Å². The molecule has 2 aliphatic rings. The molecule has 0 aromatic heterocycles. The van der Waals surface area contributed by atoms with E-state index >= 15 is 0 Å². The lowest BCUT2D eigenvalue weighted by molar-refractivity contribution is 0.809. The van der Waals surface area contributed by atoms with E-state index in [1.54, 1.807) is 0 Å². The molecule has 2 aliphatic carbocycles. The lowest BCUT2D eigenvalue weighted by atomic mass is 9.68. The highest BCUT2D eigenvalue weighted by Gasteiger charge is 2.53. The normalized spacial score (nSPS) is 14.1. The van der Waals surface area contributed by atoms with E-state index in [2.05, 4.69) is 134 Å². The van der Waals surface area contributed by atoms with E-state index in [1.165, 1.54) is 82.4 Å². The first-order valence-corrected chi connectivity index (χ1v) is 13.5. The van der Waals surface area contributed by atoms with Crippen LogP contribution in [0.3, 0.4) is 0 Å². The van der Waals surface area contributed by atoms with E-state index in [1.807, 2.05) is 0 Å². The summed E-state index contributed by atoms with van der Waals surface area (Å²) in [6, 6.07) is 47.8. The van der Waals surface area contributed by atoms with Gasteiger partial charge in [0, 0.05) is 0 Å². The molecule has 0 heteroatoms. The van der Waals surface area contributed by atoms with Gasteiger partial charge in [-0.2, -0.15) is 0 Å². The first kappa shape index (κ1) is 20.4. The monoisotopic (exact) mass is 480 g/mol. The molecular weight excluding hydrogens is 456 g/mol. The molecule has 1 spiro atoms. The summed E-state index contributed by atoms with van der Waals surface area (Å²) >= 11 is 0. The highest BCUT2D eigenvalue weighted by molar-refractivity contribution is 6.21. The minimum Gasteiger partial charge on any atom is -0.0619 e. The van der Waals surface area contributed by atoms with Crippen LogP contribution in [0.1, 0.15) is 27.8 Å². The van der Waals surface area contributed by atoms with Gasteiger partial charge in [0.2, 0.25) is 0 Å². The maximum Gasteiger partial charge on any atom is 0.0737 e. The topological polar surface area (TPSA) is 0 Å². The molecule has 0 nitrogen and oxygen atoms in total. The minimum atomic E-state index is -0.380. The zero-order chi connectivity index (χ0) is 25.0. The van der Waals surface area contributed by atoms with Gasteiger partial charge >= 0.3 is 0 Å². The number of fused-ring (bicyclic) bond motifs is 17. The molecule has 0 saturated carbocycles. The first-order chi connectivity index (χ1) is 18.8. The Kier molecular flexibility index (Phi) is 3.75. The van der Waals surface area contributed by atoms with Gasteiger partial charge in [0.05, 0.1) is 5.41 Å². The summed E-state index contributed by atoms with van der Waals surface area (Å²) in [6.07, 6.45) is 0. The lowest BCUT2D eigenvalue weighted by Crippen LogP contribution is -2.26. The smallest absolute Gasteiger partial charge is 0.0619 e. The summed E-state index contributed by atoms with van der Waals surface area (Å²) in [7, 11) is 0. The molecule has 0 radical (unpaired) electrons. The molecule has 0 heterocycles. The van der Waals surface area contributed by atoms with Crippen LogP contribution in [-0.4, -0.2) is 0 Å². The fourth-order valence-electron chi connectivity index (χ4n) is 7.87. The third kappa shape index (κ3) is 2.20. The van der Waals surface area contributed by atoms with Crippen molar-refractivity contribution < 1.29 is 0 Å². The molecule has 7 aromatic rings. The van der Waals surface area contributed by atoms with Crippen molar-refractivity contribution in [2.24, 2.45) is 0 Å². The molecule has 0 fully saturated rings. The minimum absolute atomic E-state index is 0.380. The van der Waals surface area contributed by atoms with Crippen molar-refractivity contribution in [1.82, 2.24) is 0 Å². The average Bonchev–Trinajstić information content (AvgIpc) is 3.45. The van der Waals surface area contributed by atoms with Crippen LogP contribution in [0.2, 0.25) is 0 Å². The third-order valence-corrected chi connectivity index (χ3v) is 9.16. The lowest BCUT2D eigenvalue weighted by Gasteiger charge is -2.32. The van der Waals surface area contributed by atoms with E-state index in [0.717, 1.165) is 0 Å². The van der Waals surface area contributed by atoms with Crippen LogP contribution in [0.5, 0.6) is 0 Å². The van der Waals surface area contributed by atoms with Crippen molar-refractivity contribution in [1.29, 1.82) is 0 Å². The van der Waals surface area contributed by atoms with Gasteiger partial charge in [-0.05, 0) is 89.3 Å². The fraction of sp³-hybridized carbons (Fsp3) is 0.0526. The summed E-state index contributed by atoms with van der Waals surface area (Å²) in [5.41, 5.74) is 12.1. The second-order valence-electron chi connectivity index (χ2n) is 10.8. The Labute approximate surface area is 221 Å². The molecule has 38 heavy (non-hydrogen) atoms. The van der Waals surface area contributed by atoms with Crippen molar-refractivity contribution in [3.05, 3.63) is 155 Å². The standard InChI is InChI=1S/C38H24/c1-23-22-32-35-29-17-5-3-13-25(29)26-14-4-7-19-31(26)37(35)38(36(32)30-18-6-2-12-24(23)30)33-20-10-8-15-27(33)28-16-9-11-21-34(28)38/h2-22H,1H3. The van der Waals surface area contributed by atoms with E-state index in [4.69, 9.17) is 0 Å². The quantitative estimate of drug-likeness (QED) is 0.189. The van der Waals surface area contributed by atoms with Gasteiger partial charge in [0.1, 0.15) is 0 Å². The zero-order valence-corrected chi connectivity index (χ0v) is 21.1. The number of hydrogen-bond donors (Lipinski definition) is 0. The van der Waals surface area contributed by atoms with E-state index in [0.29, 0.717) is 0 Å². The van der Waals surface area contributed by atoms with Gasteiger partial charge < -0.3 is 0 Å². The molecular formula is C38H24. The summed E-state index contributed by atoms with van der Waals surface area (Å²) in [5, 5.41) is 8.06. The maximum atomic E-state index is 2.47. The number of aryl methyl sites for hydroxylation is 1. The zero-order valence-electron chi connectivity index (χ0n) is 21.1. The summed E-state index contributed by atoms with van der Waals surface area (Å²) < 4.78 is 0. The van der Waals surface area contributed by atoms with Gasteiger partial charge in [0.15, 0.2) is 0 Å². The maximum absolute atomic E-state index is 2.47. The van der Waals surface area contributed by atoms with Crippen LogP contribution >= 0.6 is 0 Å². The first-order valence-electron chi connectivity index (χ1n) is 13.5. The number of rotatable bonds is 0. The van der Waals surface area contributed by atoms with Crippen LogP contribution in [0.15, 0.2) is 127 Å². The second-order valence-corrected chi connectivity index (χ2v) is 10.8. The SMILES string of the molecule is Cc1cc2c(c3ccccc13)C1(c3ccccc3-c3ccccc31)c1c-2c2ccccc2c2ccccc12. The predicted octanol–water partition coefficient (Wildman–Crippen LogP) is 9.80. The third-order valence-electron chi connectivity index (χ3n) is 9.16. The Morgan fingerprint density at radius 1 is 0.395 bits per heavy atom. The predicted molar refractivity (Wildman–Crippen MR) is 160 cm³/mol. The number of hydrogen-bond acceptors (Lipinski definition) is 0. The van der Waals surface area contributed by atoms with Crippen LogP contribution in [0, 0.1) is 6.92 Å². The molecule has 0 atom stereocenters. The Bertz CT molecular complexity index is 2100.